The zero-order valence-corrected chi connectivity index (χ0v) is 21.4. The Morgan fingerprint density at radius 3 is 2.00 bits per heavy atom. The van der Waals surface area contributed by atoms with E-state index in [-0.39, 0.29) is 13.2 Å². The highest BCUT2D eigenvalue weighted by Gasteiger charge is 2.22. The van der Waals surface area contributed by atoms with Crippen molar-refractivity contribution < 1.29 is 28.1 Å². The molecule has 0 aromatic carbocycles. The average molecular weight is 465 g/mol. The Hall–Kier alpha value is -0.270. The number of aliphatic hydroxyl groups is 1. The van der Waals surface area contributed by atoms with Gasteiger partial charge in [0, 0.05) is 0 Å². The number of nitrogens with zero attached hydrogens (tertiary/aromatic N) is 1. The van der Waals surface area contributed by atoms with Gasteiger partial charge in [0.2, 0.25) is 0 Å². The number of phosphoric ester groups is 1. The smallest absolute Gasteiger partial charge is 0.268 e. The lowest BCUT2D eigenvalue weighted by atomic mass is 10.0. The SMILES string of the molecule is CCCCCCCCCCCCCC=CC(OP(=O)([O-])OCC[N+](C)(C)C)C(N)CO. The first-order valence-corrected chi connectivity index (χ1v) is 13.5. The highest BCUT2D eigenvalue weighted by Crippen LogP contribution is 2.40. The van der Waals surface area contributed by atoms with Crippen LogP contribution in [0.5, 0.6) is 0 Å². The zero-order valence-electron chi connectivity index (χ0n) is 20.5. The van der Waals surface area contributed by atoms with Gasteiger partial charge in [-0.3, -0.25) is 4.57 Å². The molecule has 0 bridgehead atoms. The van der Waals surface area contributed by atoms with Crippen LogP contribution in [0.25, 0.3) is 0 Å². The number of phosphoric acid groups is 1. The number of likely N-dealkylation sites (N-methyl/N-ethyl adjacent to an activating group) is 1. The molecular weight excluding hydrogens is 415 g/mol. The predicted octanol–water partition coefficient (Wildman–Crippen LogP) is 4.14. The van der Waals surface area contributed by atoms with Gasteiger partial charge in [0.15, 0.2) is 0 Å². The Morgan fingerprint density at radius 1 is 1.00 bits per heavy atom. The van der Waals surface area contributed by atoms with Gasteiger partial charge < -0.3 is 29.3 Å². The van der Waals surface area contributed by atoms with Crippen molar-refractivity contribution in [3.05, 3.63) is 12.2 Å². The fraction of sp³-hybridized carbons (Fsp3) is 0.913. The summed E-state index contributed by atoms with van der Waals surface area (Å²) < 4.78 is 22.7. The molecule has 0 amide bonds. The number of rotatable bonds is 21. The summed E-state index contributed by atoms with van der Waals surface area (Å²) >= 11 is 0. The molecule has 0 aliphatic heterocycles. The average Bonchev–Trinajstić information content (AvgIpc) is 2.68. The van der Waals surface area contributed by atoms with E-state index in [0.29, 0.717) is 11.0 Å². The van der Waals surface area contributed by atoms with Crippen LogP contribution in [0, 0.1) is 0 Å². The van der Waals surface area contributed by atoms with E-state index in [9.17, 15) is 14.6 Å². The maximum Gasteiger partial charge on any atom is 0.268 e. The minimum absolute atomic E-state index is 0.0355. The highest BCUT2D eigenvalue weighted by molar-refractivity contribution is 7.45. The summed E-state index contributed by atoms with van der Waals surface area (Å²) in [4.78, 5) is 12.1. The first-order chi connectivity index (χ1) is 14.6. The largest absolute Gasteiger partial charge is 0.756 e. The molecule has 186 valence electrons. The summed E-state index contributed by atoms with van der Waals surface area (Å²) in [5, 5.41) is 9.31. The van der Waals surface area contributed by atoms with Gasteiger partial charge >= 0.3 is 0 Å². The summed E-state index contributed by atoms with van der Waals surface area (Å²) in [6.45, 7) is 2.44. The minimum atomic E-state index is -4.49. The third-order valence-electron chi connectivity index (χ3n) is 5.20. The van der Waals surface area contributed by atoms with Gasteiger partial charge in [0.25, 0.3) is 7.82 Å². The molecule has 0 aromatic rings. The summed E-state index contributed by atoms with van der Waals surface area (Å²) in [7, 11) is 1.35. The quantitative estimate of drug-likeness (QED) is 0.114. The number of quaternary nitrogens is 1. The molecule has 0 fully saturated rings. The van der Waals surface area contributed by atoms with E-state index >= 15 is 0 Å². The fourth-order valence-electron chi connectivity index (χ4n) is 3.12. The van der Waals surface area contributed by atoms with Crippen molar-refractivity contribution in [2.75, 3.05) is 40.9 Å². The van der Waals surface area contributed by atoms with Crippen LogP contribution in [-0.2, 0) is 13.6 Å². The molecule has 8 heteroatoms. The molecular formula is C23H49N2O5P. The molecule has 0 saturated heterocycles. The molecule has 0 saturated carbocycles. The Balaban J connectivity index is 4.07. The lowest BCUT2D eigenvalue weighted by Gasteiger charge is -2.30. The van der Waals surface area contributed by atoms with Gasteiger partial charge in [-0.05, 0) is 12.8 Å². The Kier molecular flexibility index (Phi) is 18.0. The Labute approximate surface area is 191 Å². The van der Waals surface area contributed by atoms with Crippen LogP contribution in [0.3, 0.4) is 0 Å². The second-order valence-corrected chi connectivity index (χ2v) is 10.8. The minimum Gasteiger partial charge on any atom is -0.756 e. The summed E-state index contributed by atoms with van der Waals surface area (Å²) in [6.07, 6.45) is 17.6. The molecule has 0 heterocycles. The van der Waals surface area contributed by atoms with Crippen molar-refractivity contribution in [1.29, 1.82) is 0 Å². The van der Waals surface area contributed by atoms with Crippen LogP contribution >= 0.6 is 7.82 Å². The summed E-state index contributed by atoms with van der Waals surface area (Å²) in [6, 6.07) is -0.821. The van der Waals surface area contributed by atoms with Crippen molar-refractivity contribution in [3.8, 4) is 0 Å². The number of hydrogen-bond acceptors (Lipinski definition) is 6. The van der Waals surface area contributed by atoms with Gasteiger partial charge in [-0.1, -0.05) is 83.3 Å². The van der Waals surface area contributed by atoms with Gasteiger partial charge in [0.05, 0.1) is 33.8 Å². The molecule has 0 radical (unpaired) electrons. The highest BCUT2D eigenvalue weighted by atomic mass is 31.2. The third kappa shape index (κ3) is 20.1. The zero-order chi connectivity index (χ0) is 23.6. The Bertz CT molecular complexity index is 497. The molecule has 0 aromatic heterocycles. The molecule has 0 aliphatic rings. The second kappa shape index (κ2) is 18.2. The monoisotopic (exact) mass is 464 g/mol. The molecule has 0 rings (SSSR count). The number of aliphatic hydroxyl groups excluding tert-OH is 1. The summed E-state index contributed by atoms with van der Waals surface area (Å²) in [5.41, 5.74) is 5.82. The van der Waals surface area contributed by atoms with Gasteiger partial charge in [-0.15, -0.1) is 0 Å². The predicted molar refractivity (Wildman–Crippen MR) is 127 cm³/mol. The molecule has 0 aliphatic carbocycles. The summed E-state index contributed by atoms with van der Waals surface area (Å²) in [5.74, 6) is 0. The van der Waals surface area contributed by atoms with Crippen LogP contribution in [0.4, 0.5) is 0 Å². The van der Waals surface area contributed by atoms with Crippen LogP contribution in [0.2, 0.25) is 0 Å². The van der Waals surface area contributed by atoms with E-state index < -0.39 is 20.0 Å². The topological polar surface area (TPSA) is 105 Å². The van der Waals surface area contributed by atoms with Crippen molar-refractivity contribution >= 4 is 7.82 Å². The van der Waals surface area contributed by atoms with Crippen molar-refractivity contribution in [2.24, 2.45) is 5.73 Å². The molecule has 31 heavy (non-hydrogen) atoms. The van der Waals surface area contributed by atoms with Crippen LogP contribution < -0.4 is 10.6 Å². The maximum atomic E-state index is 12.1. The van der Waals surface area contributed by atoms with E-state index in [0.717, 1.165) is 19.3 Å². The molecule has 3 N–H and O–H groups in total. The first-order valence-electron chi connectivity index (χ1n) is 12.1. The molecule has 3 unspecified atom stereocenters. The van der Waals surface area contributed by atoms with Gasteiger partial charge in [-0.25, -0.2) is 0 Å². The molecule has 0 spiro atoms. The number of unbranched alkanes of at least 4 members (excludes halogenated alkanes) is 11. The second-order valence-electron chi connectivity index (χ2n) is 9.46. The molecule has 7 nitrogen and oxygen atoms in total. The van der Waals surface area contributed by atoms with Crippen LogP contribution in [0.15, 0.2) is 12.2 Å². The van der Waals surface area contributed by atoms with E-state index in [1.165, 1.54) is 57.8 Å². The van der Waals surface area contributed by atoms with Crippen LogP contribution in [-0.4, -0.2) is 62.6 Å². The van der Waals surface area contributed by atoms with E-state index in [1.54, 1.807) is 6.08 Å². The number of nitrogens with two attached hydrogens (primary N) is 1. The van der Waals surface area contributed by atoms with E-state index in [2.05, 4.69) is 6.92 Å². The van der Waals surface area contributed by atoms with E-state index in [4.69, 9.17) is 14.8 Å². The maximum absolute atomic E-state index is 12.1. The lowest BCUT2D eigenvalue weighted by molar-refractivity contribution is -0.870. The normalized spacial score (nSPS) is 16.5. The van der Waals surface area contributed by atoms with Crippen LogP contribution in [0.1, 0.15) is 84.0 Å². The number of hydrogen-bond donors (Lipinski definition) is 2. The lowest BCUT2D eigenvalue weighted by Crippen LogP contribution is -2.40. The molecule has 3 atom stereocenters. The standard InChI is InChI=1S/C23H49N2O5P/c1-5-6-7-8-9-10-11-12-13-14-15-16-17-18-23(22(24)21-26)30-31(27,28)29-20-19-25(2,3)4/h17-18,22-23,26H,5-16,19-21,24H2,1-4H3. The van der Waals surface area contributed by atoms with E-state index in [1.807, 2.05) is 27.2 Å². The van der Waals surface area contributed by atoms with Crippen molar-refractivity contribution in [1.82, 2.24) is 0 Å². The third-order valence-corrected chi connectivity index (χ3v) is 6.20. The van der Waals surface area contributed by atoms with Crippen molar-refractivity contribution in [2.45, 2.75) is 96.1 Å². The fourth-order valence-corrected chi connectivity index (χ4v) is 4.01. The first kappa shape index (κ1) is 30.7. The number of allylic oxidation sites excluding steroid dienone is 1. The van der Waals surface area contributed by atoms with Gasteiger partial charge in [-0.2, -0.15) is 0 Å². The Morgan fingerprint density at radius 2 is 1.52 bits per heavy atom. The van der Waals surface area contributed by atoms with Gasteiger partial charge in [0.1, 0.15) is 19.3 Å². The van der Waals surface area contributed by atoms with Crippen molar-refractivity contribution in [3.63, 3.8) is 0 Å².